The number of phenols is 1. The van der Waals surface area contributed by atoms with Crippen molar-refractivity contribution < 1.29 is 19.0 Å². The van der Waals surface area contributed by atoms with Crippen molar-refractivity contribution in [1.82, 2.24) is 0 Å². The second-order valence-corrected chi connectivity index (χ2v) is 4.68. The van der Waals surface area contributed by atoms with E-state index in [1.807, 2.05) is 0 Å². The number of thiophene rings is 1. The summed E-state index contributed by atoms with van der Waals surface area (Å²) in [6.45, 7) is 6.87. The Labute approximate surface area is 112 Å². The topological polar surface area (TPSA) is 50.9 Å². The molecule has 6 heteroatoms. The van der Waals surface area contributed by atoms with E-state index in [2.05, 4.69) is 9.58 Å². The molecule has 96 valence electrons. The lowest BCUT2D eigenvalue weighted by Crippen LogP contribution is -1.96. The van der Waals surface area contributed by atoms with E-state index in [0.29, 0.717) is 15.3 Å². The maximum atomic E-state index is 13.5. The molecule has 0 aliphatic carbocycles. The SMILES string of the molecule is [C-]#[N+]c1cc(-c2ccc(C(=O)OC)s2)cc(F)c1O. The zero-order chi connectivity index (χ0) is 14.0. The Bertz CT molecular complexity index is 688. The zero-order valence-corrected chi connectivity index (χ0v) is 10.6. The Kier molecular flexibility index (Phi) is 3.49. The number of halogens is 1. The molecule has 0 atom stereocenters. The minimum Gasteiger partial charge on any atom is -0.516 e. The third-order valence-electron chi connectivity index (χ3n) is 2.44. The highest BCUT2D eigenvalue weighted by Crippen LogP contribution is 2.37. The van der Waals surface area contributed by atoms with Gasteiger partial charge >= 0.3 is 5.97 Å². The van der Waals surface area contributed by atoms with Crippen molar-refractivity contribution in [3.63, 3.8) is 0 Å². The van der Waals surface area contributed by atoms with Crippen LogP contribution in [0.2, 0.25) is 0 Å². The molecule has 2 rings (SSSR count). The van der Waals surface area contributed by atoms with E-state index < -0.39 is 17.5 Å². The standard InChI is InChI=1S/C13H8FNO3S/c1-15-9-6-7(5-8(14)12(9)16)10-3-4-11(19-10)13(17)18-2/h3-6,16H,2H3. The largest absolute Gasteiger partial charge is 0.516 e. The van der Waals surface area contributed by atoms with Crippen LogP contribution in [0.1, 0.15) is 9.67 Å². The van der Waals surface area contributed by atoms with Gasteiger partial charge < -0.3 is 9.84 Å². The Hall–Kier alpha value is -2.39. The maximum Gasteiger partial charge on any atom is 0.348 e. The predicted octanol–water partition coefficient (Wildman–Crippen LogP) is 3.60. The van der Waals surface area contributed by atoms with Gasteiger partial charge in [-0.3, -0.25) is 0 Å². The fraction of sp³-hybridized carbons (Fsp3) is 0.0769. The summed E-state index contributed by atoms with van der Waals surface area (Å²) in [5, 5.41) is 9.34. The van der Waals surface area contributed by atoms with Crippen LogP contribution in [0.4, 0.5) is 10.1 Å². The molecule has 1 aromatic carbocycles. The number of carbonyl (C=O) groups is 1. The molecular formula is C13H8FNO3S. The van der Waals surface area contributed by atoms with Crippen molar-refractivity contribution >= 4 is 23.0 Å². The van der Waals surface area contributed by atoms with Gasteiger partial charge in [-0.25, -0.2) is 14.0 Å². The van der Waals surface area contributed by atoms with Crippen molar-refractivity contribution in [1.29, 1.82) is 0 Å². The average Bonchev–Trinajstić information content (AvgIpc) is 2.90. The van der Waals surface area contributed by atoms with Crippen LogP contribution in [-0.4, -0.2) is 18.2 Å². The molecule has 1 aromatic heterocycles. The van der Waals surface area contributed by atoms with Gasteiger partial charge in [-0.05, 0) is 29.8 Å². The zero-order valence-electron chi connectivity index (χ0n) is 9.81. The van der Waals surface area contributed by atoms with Gasteiger partial charge in [0.25, 0.3) is 0 Å². The molecule has 0 saturated carbocycles. The minimum atomic E-state index is -0.864. The van der Waals surface area contributed by atoms with Gasteiger partial charge in [-0.2, -0.15) is 0 Å². The molecule has 4 nitrogen and oxygen atoms in total. The van der Waals surface area contributed by atoms with E-state index >= 15 is 0 Å². The first-order valence-electron chi connectivity index (χ1n) is 5.15. The van der Waals surface area contributed by atoms with E-state index in [1.165, 1.54) is 13.2 Å². The molecule has 0 unspecified atom stereocenters. The Morgan fingerprint density at radius 2 is 2.21 bits per heavy atom. The summed E-state index contributed by atoms with van der Waals surface area (Å²) in [5.41, 5.74) is 0.268. The van der Waals surface area contributed by atoms with E-state index in [9.17, 15) is 14.3 Å². The maximum absolute atomic E-state index is 13.5. The molecule has 0 aliphatic rings. The van der Waals surface area contributed by atoms with Gasteiger partial charge in [-0.15, -0.1) is 11.3 Å². The van der Waals surface area contributed by atoms with Crippen LogP contribution >= 0.6 is 11.3 Å². The highest BCUT2D eigenvalue weighted by atomic mass is 32.1. The number of esters is 1. The second kappa shape index (κ2) is 5.08. The lowest BCUT2D eigenvalue weighted by atomic mass is 10.1. The summed E-state index contributed by atoms with van der Waals surface area (Å²) >= 11 is 1.13. The Morgan fingerprint density at radius 3 is 2.84 bits per heavy atom. The first-order valence-corrected chi connectivity index (χ1v) is 5.97. The van der Waals surface area contributed by atoms with Gasteiger partial charge in [0.15, 0.2) is 11.6 Å². The predicted molar refractivity (Wildman–Crippen MR) is 69.0 cm³/mol. The number of benzene rings is 1. The summed E-state index contributed by atoms with van der Waals surface area (Å²) in [7, 11) is 1.28. The summed E-state index contributed by atoms with van der Waals surface area (Å²) in [6.07, 6.45) is 0. The van der Waals surface area contributed by atoms with Gasteiger partial charge in [-0.1, -0.05) is 0 Å². The van der Waals surface area contributed by atoms with Gasteiger partial charge in [0.05, 0.1) is 13.7 Å². The molecule has 0 fully saturated rings. The molecule has 1 heterocycles. The van der Waals surface area contributed by atoms with E-state index in [4.69, 9.17) is 6.57 Å². The first-order chi connectivity index (χ1) is 9.06. The van der Waals surface area contributed by atoms with Crippen LogP contribution in [0.5, 0.6) is 5.75 Å². The van der Waals surface area contributed by atoms with Crippen LogP contribution in [0, 0.1) is 12.4 Å². The Morgan fingerprint density at radius 1 is 1.47 bits per heavy atom. The summed E-state index contributed by atoms with van der Waals surface area (Å²) in [6, 6.07) is 5.69. The molecule has 19 heavy (non-hydrogen) atoms. The molecule has 1 N–H and O–H groups in total. The number of methoxy groups -OCH3 is 1. The molecule has 0 amide bonds. The number of hydrogen-bond acceptors (Lipinski definition) is 4. The number of phenolic OH excluding ortho intramolecular Hbond substituents is 1. The molecule has 0 saturated heterocycles. The fourth-order valence-corrected chi connectivity index (χ4v) is 2.43. The number of carbonyl (C=O) groups excluding carboxylic acids is 1. The summed E-state index contributed by atoms with van der Waals surface area (Å²) in [4.78, 5) is 15.4. The van der Waals surface area contributed by atoms with E-state index in [0.717, 1.165) is 17.4 Å². The van der Waals surface area contributed by atoms with Crippen LogP contribution in [-0.2, 0) is 4.74 Å². The Balaban J connectivity index is 2.48. The van der Waals surface area contributed by atoms with Crippen LogP contribution in [0.3, 0.4) is 0 Å². The van der Waals surface area contributed by atoms with Crippen LogP contribution in [0.25, 0.3) is 15.3 Å². The number of rotatable bonds is 2. The average molecular weight is 277 g/mol. The monoisotopic (exact) mass is 277 g/mol. The number of nitrogens with zero attached hydrogens (tertiary/aromatic N) is 1. The normalized spacial score (nSPS) is 9.95. The molecule has 0 aliphatic heterocycles. The van der Waals surface area contributed by atoms with Gasteiger partial charge in [0.2, 0.25) is 5.69 Å². The van der Waals surface area contributed by atoms with E-state index in [-0.39, 0.29) is 5.69 Å². The summed E-state index contributed by atoms with van der Waals surface area (Å²) in [5.74, 6) is -2.00. The van der Waals surface area contributed by atoms with Gasteiger partial charge in [0.1, 0.15) is 4.88 Å². The number of hydrogen-bond donors (Lipinski definition) is 1. The van der Waals surface area contributed by atoms with Gasteiger partial charge in [0, 0.05) is 4.88 Å². The van der Waals surface area contributed by atoms with Crippen molar-refractivity contribution in [3.8, 4) is 16.2 Å². The third-order valence-corrected chi connectivity index (χ3v) is 3.56. The molecule has 0 bridgehead atoms. The number of ether oxygens (including phenoxy) is 1. The molecular weight excluding hydrogens is 269 g/mol. The quantitative estimate of drug-likeness (QED) is 0.674. The first kappa shape index (κ1) is 13.1. The fourth-order valence-electron chi connectivity index (χ4n) is 1.52. The van der Waals surface area contributed by atoms with Crippen molar-refractivity contribution in [3.05, 3.63) is 46.4 Å². The number of aromatic hydroxyl groups is 1. The van der Waals surface area contributed by atoms with Crippen molar-refractivity contribution in [2.75, 3.05) is 7.11 Å². The third kappa shape index (κ3) is 2.41. The minimum absolute atomic E-state index is 0.164. The summed E-state index contributed by atoms with van der Waals surface area (Å²) < 4.78 is 18.0. The lowest BCUT2D eigenvalue weighted by Gasteiger charge is -2.02. The second-order valence-electron chi connectivity index (χ2n) is 3.59. The highest BCUT2D eigenvalue weighted by molar-refractivity contribution is 7.17. The van der Waals surface area contributed by atoms with Crippen LogP contribution in [0.15, 0.2) is 24.3 Å². The smallest absolute Gasteiger partial charge is 0.348 e. The van der Waals surface area contributed by atoms with E-state index in [1.54, 1.807) is 12.1 Å². The van der Waals surface area contributed by atoms with Crippen molar-refractivity contribution in [2.45, 2.75) is 0 Å². The lowest BCUT2D eigenvalue weighted by molar-refractivity contribution is 0.0606. The highest BCUT2D eigenvalue weighted by Gasteiger charge is 2.14. The van der Waals surface area contributed by atoms with Crippen molar-refractivity contribution in [2.24, 2.45) is 0 Å². The molecule has 0 radical (unpaired) electrons. The molecule has 0 spiro atoms. The molecule has 2 aromatic rings. The van der Waals surface area contributed by atoms with Crippen LogP contribution < -0.4 is 0 Å².